The summed E-state index contributed by atoms with van der Waals surface area (Å²) in [5.41, 5.74) is 2.05. The molecule has 2 aromatic rings. The summed E-state index contributed by atoms with van der Waals surface area (Å²) in [5, 5.41) is 9.32. The van der Waals surface area contributed by atoms with Crippen molar-refractivity contribution in [3.63, 3.8) is 0 Å². The van der Waals surface area contributed by atoms with E-state index in [2.05, 4.69) is 0 Å². The molecule has 0 aromatic heterocycles. The molecule has 0 atom stereocenters. The summed E-state index contributed by atoms with van der Waals surface area (Å²) in [6.45, 7) is 1.23. The number of hydrogen-bond acceptors (Lipinski definition) is 5. The number of carboxylic acid groups (broad SMARTS) is 1. The van der Waals surface area contributed by atoms with Crippen molar-refractivity contribution in [3.05, 3.63) is 58.1 Å². The normalized spacial score (nSPS) is 14.4. The molecule has 0 radical (unpaired) electrons. The van der Waals surface area contributed by atoms with E-state index in [4.69, 9.17) is 35.7 Å². The van der Waals surface area contributed by atoms with E-state index in [-0.39, 0.29) is 18.1 Å². The Bertz CT molecular complexity index is 768. The van der Waals surface area contributed by atoms with Crippen LogP contribution < -0.4 is 9.47 Å². The smallest absolute Gasteiger partial charge is 0.307 e. The molecule has 1 heterocycles. The fourth-order valence-corrected chi connectivity index (χ4v) is 2.95. The van der Waals surface area contributed by atoms with E-state index in [1.807, 2.05) is 24.3 Å². The van der Waals surface area contributed by atoms with Crippen molar-refractivity contribution in [1.82, 2.24) is 0 Å². The molecule has 3 rings (SSSR count). The lowest BCUT2D eigenvalue weighted by Gasteiger charge is -2.18. The number of benzene rings is 2. The number of halogens is 1. The van der Waals surface area contributed by atoms with Crippen LogP contribution in [0.3, 0.4) is 0 Å². The van der Waals surface area contributed by atoms with Gasteiger partial charge >= 0.3 is 5.97 Å². The maximum Gasteiger partial charge on any atom is 0.307 e. The van der Waals surface area contributed by atoms with Crippen LogP contribution >= 0.6 is 11.6 Å². The van der Waals surface area contributed by atoms with Gasteiger partial charge in [0.25, 0.3) is 0 Å². The number of hydrogen-bond donors (Lipinski definition) is 1. The number of carbonyl (C=O) groups is 1. The topological polar surface area (TPSA) is 74.2 Å². The Morgan fingerprint density at radius 3 is 2.50 bits per heavy atom. The highest BCUT2D eigenvalue weighted by molar-refractivity contribution is 6.33. The van der Waals surface area contributed by atoms with Gasteiger partial charge < -0.3 is 24.1 Å². The molecule has 26 heavy (non-hydrogen) atoms. The molecule has 138 valence electrons. The first kappa shape index (κ1) is 18.5. The molecule has 1 N–H and O–H groups in total. The third kappa shape index (κ3) is 4.27. The van der Waals surface area contributed by atoms with Gasteiger partial charge in [0.1, 0.15) is 18.1 Å². The average molecular weight is 379 g/mol. The molecule has 1 aliphatic rings. The molecule has 0 bridgehead atoms. The zero-order valence-electron chi connectivity index (χ0n) is 14.2. The first-order chi connectivity index (χ1) is 12.6. The van der Waals surface area contributed by atoms with Crippen molar-refractivity contribution < 1.29 is 28.8 Å². The van der Waals surface area contributed by atoms with Crippen molar-refractivity contribution >= 4 is 17.6 Å². The van der Waals surface area contributed by atoms with E-state index in [1.165, 1.54) is 0 Å². The molecule has 0 unspecified atom stereocenters. The first-order valence-electron chi connectivity index (χ1n) is 8.10. The van der Waals surface area contributed by atoms with Crippen LogP contribution in [0.15, 0.2) is 36.4 Å². The predicted octanol–water partition coefficient (Wildman–Crippen LogP) is 3.60. The molecule has 1 aliphatic heterocycles. The van der Waals surface area contributed by atoms with Crippen LogP contribution in [-0.2, 0) is 27.3 Å². The van der Waals surface area contributed by atoms with Crippen LogP contribution in [-0.4, -0.2) is 31.4 Å². The monoisotopic (exact) mass is 378 g/mol. The van der Waals surface area contributed by atoms with Gasteiger partial charge in [0.2, 0.25) is 0 Å². The van der Waals surface area contributed by atoms with Gasteiger partial charge in [0.05, 0.1) is 37.3 Å². The summed E-state index contributed by atoms with van der Waals surface area (Å²) in [6.07, 6.45) is -0.762. The Morgan fingerprint density at radius 1 is 1.19 bits per heavy atom. The van der Waals surface area contributed by atoms with Crippen LogP contribution in [0.2, 0.25) is 5.02 Å². The van der Waals surface area contributed by atoms with E-state index in [0.29, 0.717) is 30.1 Å². The quantitative estimate of drug-likeness (QED) is 0.793. The molecule has 6 nitrogen and oxygen atoms in total. The van der Waals surface area contributed by atoms with Crippen LogP contribution in [0.1, 0.15) is 23.0 Å². The molecule has 0 amide bonds. The molecular formula is C19H19ClO6. The lowest BCUT2D eigenvalue weighted by molar-refractivity contribution is -0.136. The van der Waals surface area contributed by atoms with E-state index >= 15 is 0 Å². The lowest BCUT2D eigenvalue weighted by Crippen LogP contribution is -2.08. The van der Waals surface area contributed by atoms with Crippen molar-refractivity contribution in [3.8, 4) is 11.5 Å². The third-order valence-electron chi connectivity index (χ3n) is 3.97. The standard InChI is InChI=1S/C19H19ClO6/c1-23-14-5-2-12(3-6-14)11-26-18-15(19-24-8-9-25-19)7-4-13(17(18)20)10-16(21)22/h2-7,19H,8-11H2,1H3,(H,21,22). The summed E-state index contributed by atoms with van der Waals surface area (Å²) in [4.78, 5) is 11.1. The Balaban J connectivity index is 1.86. The second-order valence-electron chi connectivity index (χ2n) is 5.74. The van der Waals surface area contributed by atoms with Gasteiger partial charge in [-0.2, -0.15) is 0 Å². The summed E-state index contributed by atoms with van der Waals surface area (Å²) >= 11 is 6.43. The zero-order chi connectivity index (χ0) is 18.5. The molecular weight excluding hydrogens is 360 g/mol. The molecule has 0 spiro atoms. The number of carboxylic acids is 1. The average Bonchev–Trinajstić information content (AvgIpc) is 3.17. The van der Waals surface area contributed by atoms with Gasteiger partial charge in [-0.3, -0.25) is 4.79 Å². The molecule has 0 saturated carbocycles. The Morgan fingerprint density at radius 2 is 1.88 bits per heavy atom. The zero-order valence-corrected chi connectivity index (χ0v) is 15.0. The number of ether oxygens (including phenoxy) is 4. The van der Waals surface area contributed by atoms with Gasteiger partial charge in [-0.25, -0.2) is 0 Å². The number of methoxy groups -OCH3 is 1. The summed E-state index contributed by atoms with van der Waals surface area (Å²) in [6, 6.07) is 10.9. The van der Waals surface area contributed by atoms with Gasteiger partial charge in [0, 0.05) is 0 Å². The van der Waals surface area contributed by atoms with E-state index in [1.54, 1.807) is 19.2 Å². The van der Waals surface area contributed by atoms with Crippen LogP contribution in [0.25, 0.3) is 0 Å². The van der Waals surface area contributed by atoms with Gasteiger partial charge in [-0.1, -0.05) is 29.8 Å². The molecule has 1 fully saturated rings. The lowest BCUT2D eigenvalue weighted by atomic mass is 10.1. The first-order valence-corrected chi connectivity index (χ1v) is 8.48. The summed E-state index contributed by atoms with van der Waals surface area (Å²) < 4.78 is 22.2. The van der Waals surface area contributed by atoms with Crippen molar-refractivity contribution in [2.45, 2.75) is 19.3 Å². The highest BCUT2D eigenvalue weighted by atomic mass is 35.5. The molecule has 1 saturated heterocycles. The Hall–Kier alpha value is -2.28. The van der Waals surface area contributed by atoms with Crippen LogP contribution in [0, 0.1) is 0 Å². The van der Waals surface area contributed by atoms with Crippen molar-refractivity contribution in [2.75, 3.05) is 20.3 Å². The maximum atomic E-state index is 11.1. The molecule has 7 heteroatoms. The van der Waals surface area contributed by atoms with E-state index in [0.717, 1.165) is 11.3 Å². The van der Waals surface area contributed by atoms with E-state index in [9.17, 15) is 4.79 Å². The number of aliphatic carboxylic acids is 1. The molecule has 2 aromatic carbocycles. The Kier molecular flexibility index (Phi) is 5.98. The number of rotatable bonds is 7. The fraction of sp³-hybridized carbons (Fsp3) is 0.316. The maximum absolute atomic E-state index is 11.1. The SMILES string of the molecule is COc1ccc(COc2c(C3OCCO3)ccc(CC(=O)O)c2Cl)cc1. The highest BCUT2D eigenvalue weighted by Gasteiger charge is 2.25. The third-order valence-corrected chi connectivity index (χ3v) is 4.38. The van der Waals surface area contributed by atoms with E-state index < -0.39 is 12.3 Å². The fourth-order valence-electron chi connectivity index (χ4n) is 2.66. The second kappa shape index (κ2) is 8.40. The van der Waals surface area contributed by atoms with Gasteiger partial charge in [-0.15, -0.1) is 0 Å². The van der Waals surface area contributed by atoms with Crippen LogP contribution in [0.4, 0.5) is 0 Å². The minimum atomic E-state index is -0.964. The minimum absolute atomic E-state index is 0.190. The van der Waals surface area contributed by atoms with Gasteiger partial charge in [0.15, 0.2) is 6.29 Å². The molecule has 0 aliphatic carbocycles. The summed E-state index contributed by atoms with van der Waals surface area (Å²) in [5.74, 6) is 0.172. The van der Waals surface area contributed by atoms with Crippen molar-refractivity contribution in [2.24, 2.45) is 0 Å². The van der Waals surface area contributed by atoms with Crippen molar-refractivity contribution in [1.29, 1.82) is 0 Å². The predicted molar refractivity (Wildman–Crippen MR) is 94.8 cm³/mol. The minimum Gasteiger partial charge on any atom is -0.497 e. The van der Waals surface area contributed by atoms with Gasteiger partial charge in [-0.05, 0) is 29.3 Å². The Labute approximate surface area is 156 Å². The highest BCUT2D eigenvalue weighted by Crippen LogP contribution is 2.39. The summed E-state index contributed by atoms with van der Waals surface area (Å²) in [7, 11) is 1.60. The van der Waals surface area contributed by atoms with Crippen LogP contribution in [0.5, 0.6) is 11.5 Å². The second-order valence-corrected chi connectivity index (χ2v) is 6.12. The largest absolute Gasteiger partial charge is 0.497 e.